The number of aromatic nitrogens is 4. The Bertz CT molecular complexity index is 1240. The van der Waals surface area contributed by atoms with Crippen molar-refractivity contribution in [1.82, 2.24) is 20.2 Å². The van der Waals surface area contributed by atoms with E-state index in [1.54, 1.807) is 6.92 Å². The minimum Gasteiger partial charge on any atom is -0.486 e. The van der Waals surface area contributed by atoms with Crippen molar-refractivity contribution in [2.75, 3.05) is 0 Å². The van der Waals surface area contributed by atoms with Gasteiger partial charge in [-0.25, -0.2) is 4.98 Å². The first kappa shape index (κ1) is 21.3. The smallest absolute Gasteiger partial charge is 0.418 e. The number of rotatable bonds is 4. The molecule has 160 valence electrons. The van der Waals surface area contributed by atoms with E-state index in [-0.39, 0.29) is 32.4 Å². The average Bonchev–Trinajstić information content (AvgIpc) is 3.11. The lowest BCUT2D eigenvalue weighted by Crippen LogP contribution is -2.09. The fourth-order valence-electron chi connectivity index (χ4n) is 3.19. The minimum atomic E-state index is -4.69. The fourth-order valence-corrected chi connectivity index (χ4v) is 3.86. The first-order chi connectivity index (χ1) is 14.6. The monoisotopic (exact) mass is 470 g/mol. The van der Waals surface area contributed by atoms with Gasteiger partial charge in [0.1, 0.15) is 17.4 Å². The molecule has 0 aliphatic carbocycles. The van der Waals surface area contributed by atoms with Gasteiger partial charge in [0.25, 0.3) is 0 Å². The predicted octanol–water partition coefficient (Wildman–Crippen LogP) is 6.62. The maximum atomic E-state index is 13.7. The summed E-state index contributed by atoms with van der Waals surface area (Å²) in [7, 11) is 0. The quantitative estimate of drug-likeness (QED) is 0.268. The standard InChI is InChI=1S/C20H12Cl2F4N4O/c1-9(17-14(21)7-27-8-15(17)22)31-11-4-12-18(10-2-3-16(23)28-6-10)29-30-19(12)13(5-11)20(24,25)26/h2-9H,1H3,(H,29,30)/t9-/m1/s1. The van der Waals surface area contributed by atoms with E-state index in [4.69, 9.17) is 27.9 Å². The van der Waals surface area contributed by atoms with Gasteiger partial charge < -0.3 is 4.74 Å². The molecule has 0 saturated heterocycles. The molecule has 4 aromatic rings. The molecule has 0 aliphatic rings. The molecule has 31 heavy (non-hydrogen) atoms. The SMILES string of the molecule is C[C@@H](Oc1cc(C(F)(F)F)c2n[nH]c(-c3ccc(F)nc3)c2c1)c1c(Cl)cncc1Cl. The van der Waals surface area contributed by atoms with Gasteiger partial charge in [-0.2, -0.15) is 22.7 Å². The number of pyridine rings is 2. The Morgan fingerprint density at radius 3 is 2.39 bits per heavy atom. The van der Waals surface area contributed by atoms with Crippen molar-refractivity contribution in [3.63, 3.8) is 0 Å². The van der Waals surface area contributed by atoms with Crippen molar-refractivity contribution >= 4 is 34.1 Å². The van der Waals surface area contributed by atoms with Crippen LogP contribution in [0.3, 0.4) is 0 Å². The van der Waals surface area contributed by atoms with E-state index in [1.807, 2.05) is 0 Å². The lowest BCUT2D eigenvalue weighted by Gasteiger charge is -2.19. The molecular formula is C20H12Cl2F4N4O. The Labute approximate surface area is 183 Å². The van der Waals surface area contributed by atoms with Gasteiger partial charge in [-0.15, -0.1) is 0 Å². The summed E-state index contributed by atoms with van der Waals surface area (Å²) in [6, 6.07) is 4.75. The third kappa shape index (κ3) is 4.15. The Kier molecular flexibility index (Phi) is 5.49. The third-order valence-corrected chi connectivity index (χ3v) is 5.17. The molecule has 0 spiro atoms. The summed E-state index contributed by atoms with van der Waals surface area (Å²) in [6.45, 7) is 1.60. The molecule has 1 atom stereocenters. The minimum absolute atomic E-state index is 0.0750. The zero-order valence-corrected chi connectivity index (χ0v) is 17.1. The summed E-state index contributed by atoms with van der Waals surface area (Å²) >= 11 is 12.3. The van der Waals surface area contributed by atoms with E-state index in [9.17, 15) is 17.6 Å². The number of hydrogen-bond donors (Lipinski definition) is 1. The van der Waals surface area contributed by atoms with Crippen molar-refractivity contribution in [1.29, 1.82) is 0 Å². The second-order valence-electron chi connectivity index (χ2n) is 6.61. The van der Waals surface area contributed by atoms with Crippen LogP contribution < -0.4 is 4.74 Å². The third-order valence-electron chi connectivity index (χ3n) is 4.56. The molecule has 1 aromatic carbocycles. The fraction of sp³-hybridized carbons (Fsp3) is 0.150. The number of hydrogen-bond acceptors (Lipinski definition) is 4. The summed E-state index contributed by atoms with van der Waals surface area (Å²) in [5.41, 5.74) is -0.292. The molecule has 0 aliphatic heterocycles. The second kappa shape index (κ2) is 7.97. The molecule has 3 heterocycles. The number of H-pyrrole nitrogens is 1. The van der Waals surface area contributed by atoms with Gasteiger partial charge >= 0.3 is 6.18 Å². The number of alkyl halides is 3. The van der Waals surface area contributed by atoms with Crippen LogP contribution in [0, 0.1) is 5.95 Å². The summed E-state index contributed by atoms with van der Waals surface area (Å²) < 4.78 is 60.1. The molecule has 0 saturated carbocycles. The first-order valence-corrected chi connectivity index (χ1v) is 9.57. The molecule has 0 amide bonds. The normalized spacial score (nSPS) is 12.9. The lowest BCUT2D eigenvalue weighted by molar-refractivity contribution is -0.136. The molecule has 4 rings (SSSR count). The number of nitrogens with one attached hydrogen (secondary N) is 1. The molecular weight excluding hydrogens is 459 g/mol. The van der Waals surface area contributed by atoms with Crippen LogP contribution in [0.2, 0.25) is 10.0 Å². The summed E-state index contributed by atoms with van der Waals surface area (Å²) in [5.74, 6) is -0.790. The van der Waals surface area contributed by atoms with E-state index in [0.29, 0.717) is 11.1 Å². The molecule has 1 N–H and O–H groups in total. The van der Waals surface area contributed by atoms with Crippen LogP contribution in [0.4, 0.5) is 17.6 Å². The maximum absolute atomic E-state index is 13.7. The molecule has 0 radical (unpaired) electrons. The highest BCUT2D eigenvalue weighted by molar-refractivity contribution is 6.35. The average molecular weight is 471 g/mol. The molecule has 0 bridgehead atoms. The first-order valence-electron chi connectivity index (χ1n) is 8.82. The van der Waals surface area contributed by atoms with Crippen LogP contribution in [0.15, 0.2) is 42.9 Å². The highest BCUT2D eigenvalue weighted by Gasteiger charge is 2.35. The second-order valence-corrected chi connectivity index (χ2v) is 7.42. The van der Waals surface area contributed by atoms with Gasteiger partial charge in [-0.1, -0.05) is 23.2 Å². The van der Waals surface area contributed by atoms with E-state index >= 15 is 0 Å². The molecule has 5 nitrogen and oxygen atoms in total. The zero-order chi connectivity index (χ0) is 22.3. The van der Waals surface area contributed by atoms with E-state index < -0.39 is 23.8 Å². The van der Waals surface area contributed by atoms with Crippen LogP contribution >= 0.6 is 23.2 Å². The number of fused-ring (bicyclic) bond motifs is 1. The number of aromatic amines is 1. The summed E-state index contributed by atoms with van der Waals surface area (Å²) in [5, 5.41) is 6.97. The molecule has 0 fully saturated rings. The van der Waals surface area contributed by atoms with Crippen molar-refractivity contribution < 1.29 is 22.3 Å². The van der Waals surface area contributed by atoms with Crippen LogP contribution in [0.1, 0.15) is 24.2 Å². The number of halogens is 6. The Balaban J connectivity index is 1.84. The number of nitrogens with zero attached hydrogens (tertiary/aromatic N) is 3. The molecule has 3 aromatic heterocycles. The van der Waals surface area contributed by atoms with Gasteiger partial charge in [-0.3, -0.25) is 10.1 Å². The van der Waals surface area contributed by atoms with E-state index in [2.05, 4.69) is 20.2 Å². The number of benzene rings is 1. The van der Waals surface area contributed by atoms with E-state index in [1.165, 1.54) is 30.7 Å². The summed E-state index contributed by atoms with van der Waals surface area (Å²) in [4.78, 5) is 7.39. The van der Waals surface area contributed by atoms with Gasteiger partial charge in [0.2, 0.25) is 5.95 Å². The Hall–Kier alpha value is -2.91. The van der Waals surface area contributed by atoms with Crippen LogP contribution in [-0.2, 0) is 6.18 Å². The highest BCUT2D eigenvalue weighted by Crippen LogP contribution is 2.41. The van der Waals surface area contributed by atoms with E-state index in [0.717, 1.165) is 12.1 Å². The van der Waals surface area contributed by atoms with Gasteiger partial charge in [-0.05, 0) is 31.2 Å². The largest absolute Gasteiger partial charge is 0.486 e. The van der Waals surface area contributed by atoms with Crippen molar-refractivity contribution in [3.8, 4) is 17.0 Å². The van der Waals surface area contributed by atoms with Gasteiger partial charge in [0, 0.05) is 35.1 Å². The van der Waals surface area contributed by atoms with Crippen LogP contribution in [-0.4, -0.2) is 20.2 Å². The Morgan fingerprint density at radius 2 is 1.77 bits per heavy atom. The van der Waals surface area contributed by atoms with Gasteiger partial charge in [0.05, 0.1) is 21.3 Å². The molecule has 0 unspecified atom stereocenters. The van der Waals surface area contributed by atoms with Crippen molar-refractivity contribution in [3.05, 3.63) is 70.0 Å². The Morgan fingerprint density at radius 1 is 1.06 bits per heavy atom. The topological polar surface area (TPSA) is 63.7 Å². The number of ether oxygens (including phenoxy) is 1. The van der Waals surface area contributed by atoms with Crippen LogP contribution in [0.5, 0.6) is 5.75 Å². The van der Waals surface area contributed by atoms with Gasteiger partial charge in [0.15, 0.2) is 0 Å². The molecule has 11 heteroatoms. The lowest BCUT2D eigenvalue weighted by atomic mass is 10.1. The van der Waals surface area contributed by atoms with Crippen LogP contribution in [0.25, 0.3) is 22.2 Å². The van der Waals surface area contributed by atoms with Crippen molar-refractivity contribution in [2.45, 2.75) is 19.2 Å². The maximum Gasteiger partial charge on any atom is 0.418 e. The predicted molar refractivity (Wildman–Crippen MR) is 108 cm³/mol. The zero-order valence-electron chi connectivity index (χ0n) is 15.6. The highest BCUT2D eigenvalue weighted by atomic mass is 35.5. The van der Waals surface area contributed by atoms with Crippen molar-refractivity contribution in [2.24, 2.45) is 0 Å². The summed E-state index contributed by atoms with van der Waals surface area (Å²) in [6.07, 6.45) is -1.54.